The van der Waals surface area contributed by atoms with Crippen LogP contribution < -0.4 is 0 Å². The van der Waals surface area contributed by atoms with Gasteiger partial charge in [0.2, 0.25) is 0 Å². The minimum Gasteiger partial charge on any atom is -0.400 e. The van der Waals surface area contributed by atoms with Gasteiger partial charge in [0.25, 0.3) is 0 Å². The third kappa shape index (κ3) is 1.45. The van der Waals surface area contributed by atoms with E-state index < -0.39 is 0 Å². The predicted octanol–water partition coefficient (Wildman–Crippen LogP) is 2.32. The van der Waals surface area contributed by atoms with Crippen molar-refractivity contribution in [3.05, 3.63) is 30.1 Å². The van der Waals surface area contributed by atoms with Gasteiger partial charge in [-0.25, -0.2) is 0 Å². The number of allylic oxidation sites excluding steroid dienone is 4. The Labute approximate surface area is 86.1 Å². The third-order valence-corrected chi connectivity index (χ3v) is 3.21. The van der Waals surface area contributed by atoms with Crippen molar-refractivity contribution in [2.45, 2.75) is 38.9 Å². The van der Waals surface area contributed by atoms with Crippen LogP contribution in [-0.4, -0.2) is 18.3 Å². The summed E-state index contributed by atoms with van der Waals surface area (Å²) in [5, 5.41) is 0. The number of hydrogen-bond donors (Lipinski definition) is 0. The van der Waals surface area contributed by atoms with E-state index in [0.29, 0.717) is 0 Å². The van der Waals surface area contributed by atoms with Crippen LogP contribution in [0.5, 0.6) is 0 Å². The second-order valence-electron chi connectivity index (χ2n) is 4.81. The van der Waals surface area contributed by atoms with Crippen molar-refractivity contribution in [2.75, 3.05) is 0 Å². The molecule has 1 radical (unpaired) electrons. The fraction of sp³-hybridized carbons (Fsp3) is 0.545. The van der Waals surface area contributed by atoms with Gasteiger partial charge in [0.1, 0.15) is 0 Å². The Morgan fingerprint density at radius 2 is 1.57 bits per heavy atom. The van der Waals surface area contributed by atoms with E-state index >= 15 is 0 Å². The van der Waals surface area contributed by atoms with Crippen LogP contribution in [0, 0.1) is 6.42 Å². The summed E-state index contributed by atoms with van der Waals surface area (Å²) in [5.74, 6) is 0. The number of rotatable bonds is 1. The fourth-order valence-corrected chi connectivity index (χ4v) is 1.53. The minimum absolute atomic E-state index is 0.213. The van der Waals surface area contributed by atoms with Gasteiger partial charge in [-0.05, 0) is 33.2 Å². The summed E-state index contributed by atoms with van der Waals surface area (Å²) in [4.78, 5) is 0. The standard InChI is InChI=1S/C11H16BO2/c1-10(2)11(3,4)14-12(13-10)9-7-5-6-8-9/h5-8H,1-4H3. The maximum Gasteiger partial charge on any atom is 0.491 e. The molecule has 2 aliphatic rings. The van der Waals surface area contributed by atoms with Gasteiger partial charge in [-0.15, -0.1) is 0 Å². The lowest BCUT2D eigenvalue weighted by Crippen LogP contribution is -2.41. The molecule has 0 N–H and O–H groups in total. The molecule has 0 spiro atoms. The summed E-state index contributed by atoms with van der Waals surface area (Å²) in [6, 6.07) is 0. The molecule has 0 atom stereocenters. The largest absolute Gasteiger partial charge is 0.491 e. The lowest BCUT2D eigenvalue weighted by molar-refractivity contribution is 0.00578. The van der Waals surface area contributed by atoms with Gasteiger partial charge < -0.3 is 9.31 Å². The van der Waals surface area contributed by atoms with Crippen LogP contribution in [0.25, 0.3) is 0 Å². The molecule has 1 fully saturated rings. The molecule has 0 amide bonds. The second kappa shape index (κ2) is 2.98. The SMILES string of the molecule is CC1(C)OB(C2=CC=C[CH]2)OC1(C)C. The summed E-state index contributed by atoms with van der Waals surface area (Å²) in [6.45, 7) is 8.26. The first kappa shape index (κ1) is 10.00. The molecule has 0 unspecified atom stereocenters. The van der Waals surface area contributed by atoms with E-state index in [9.17, 15) is 0 Å². The van der Waals surface area contributed by atoms with Crippen LogP contribution >= 0.6 is 0 Å². The van der Waals surface area contributed by atoms with E-state index in [1.54, 1.807) is 0 Å². The Hall–Kier alpha value is -0.535. The molecule has 1 heterocycles. The topological polar surface area (TPSA) is 18.5 Å². The Balaban J connectivity index is 2.14. The van der Waals surface area contributed by atoms with Gasteiger partial charge >= 0.3 is 7.12 Å². The van der Waals surface area contributed by atoms with E-state index in [-0.39, 0.29) is 18.3 Å². The first-order chi connectivity index (χ1) is 6.42. The Morgan fingerprint density at radius 3 is 2.00 bits per heavy atom. The van der Waals surface area contributed by atoms with Crippen molar-refractivity contribution in [1.82, 2.24) is 0 Å². The fourth-order valence-electron chi connectivity index (χ4n) is 1.53. The van der Waals surface area contributed by atoms with Gasteiger partial charge in [-0.3, -0.25) is 0 Å². The molecule has 1 saturated heterocycles. The van der Waals surface area contributed by atoms with E-state index in [1.807, 2.05) is 24.6 Å². The van der Waals surface area contributed by atoms with Crippen LogP contribution in [0.4, 0.5) is 0 Å². The van der Waals surface area contributed by atoms with Crippen LogP contribution in [-0.2, 0) is 9.31 Å². The van der Waals surface area contributed by atoms with Crippen LogP contribution in [0.15, 0.2) is 23.7 Å². The highest BCUT2D eigenvalue weighted by Crippen LogP contribution is 2.39. The molecule has 1 aliphatic heterocycles. The lowest BCUT2D eigenvalue weighted by atomic mass is 9.77. The second-order valence-corrected chi connectivity index (χ2v) is 4.81. The number of hydrogen-bond acceptors (Lipinski definition) is 2. The average Bonchev–Trinajstić information content (AvgIpc) is 2.58. The maximum absolute atomic E-state index is 5.89. The lowest BCUT2D eigenvalue weighted by Gasteiger charge is -2.32. The normalized spacial score (nSPS) is 28.3. The molecule has 3 heteroatoms. The van der Waals surface area contributed by atoms with Gasteiger partial charge in [0, 0.05) is 6.42 Å². The monoisotopic (exact) mass is 191 g/mol. The smallest absolute Gasteiger partial charge is 0.400 e. The molecule has 0 aromatic carbocycles. The maximum atomic E-state index is 5.89. The molecule has 1 aliphatic carbocycles. The van der Waals surface area contributed by atoms with E-state index in [1.165, 1.54) is 0 Å². The van der Waals surface area contributed by atoms with Crippen molar-refractivity contribution < 1.29 is 9.31 Å². The summed E-state index contributed by atoms with van der Waals surface area (Å²) in [7, 11) is -0.213. The molecule has 0 saturated carbocycles. The van der Waals surface area contributed by atoms with Crippen molar-refractivity contribution in [3.8, 4) is 0 Å². The van der Waals surface area contributed by atoms with Crippen molar-refractivity contribution in [1.29, 1.82) is 0 Å². The Kier molecular flexibility index (Phi) is 2.13. The molecule has 2 rings (SSSR count). The van der Waals surface area contributed by atoms with E-state index in [2.05, 4.69) is 27.7 Å². The Morgan fingerprint density at radius 1 is 1.00 bits per heavy atom. The van der Waals surface area contributed by atoms with Crippen LogP contribution in [0.3, 0.4) is 0 Å². The summed E-state index contributed by atoms with van der Waals surface area (Å²) in [6.07, 6.45) is 8.06. The summed E-state index contributed by atoms with van der Waals surface area (Å²) >= 11 is 0. The van der Waals surface area contributed by atoms with Gasteiger partial charge in [-0.2, -0.15) is 0 Å². The zero-order chi connectivity index (χ0) is 10.4. The van der Waals surface area contributed by atoms with E-state index in [4.69, 9.17) is 9.31 Å². The predicted molar refractivity (Wildman–Crippen MR) is 57.6 cm³/mol. The van der Waals surface area contributed by atoms with Crippen molar-refractivity contribution in [3.63, 3.8) is 0 Å². The molecule has 14 heavy (non-hydrogen) atoms. The minimum atomic E-state index is -0.241. The molecule has 2 nitrogen and oxygen atoms in total. The quantitative estimate of drug-likeness (QED) is 0.592. The first-order valence-electron chi connectivity index (χ1n) is 5.00. The van der Waals surface area contributed by atoms with Crippen molar-refractivity contribution >= 4 is 7.12 Å². The highest BCUT2D eigenvalue weighted by molar-refractivity contribution is 6.55. The molecular weight excluding hydrogens is 175 g/mol. The zero-order valence-electron chi connectivity index (χ0n) is 9.20. The molecule has 0 aromatic heterocycles. The van der Waals surface area contributed by atoms with Crippen LogP contribution in [0.2, 0.25) is 0 Å². The van der Waals surface area contributed by atoms with Gasteiger partial charge in [-0.1, -0.05) is 18.2 Å². The first-order valence-corrected chi connectivity index (χ1v) is 5.00. The average molecular weight is 191 g/mol. The highest BCUT2D eigenvalue weighted by atomic mass is 16.7. The zero-order valence-corrected chi connectivity index (χ0v) is 9.20. The summed E-state index contributed by atoms with van der Waals surface area (Å²) < 4.78 is 11.8. The van der Waals surface area contributed by atoms with E-state index in [0.717, 1.165) is 5.47 Å². The van der Waals surface area contributed by atoms with Gasteiger partial charge in [0.05, 0.1) is 11.2 Å². The molecule has 0 bridgehead atoms. The highest BCUT2D eigenvalue weighted by Gasteiger charge is 2.52. The third-order valence-electron chi connectivity index (χ3n) is 3.21. The van der Waals surface area contributed by atoms with Gasteiger partial charge in [0.15, 0.2) is 0 Å². The Bertz CT molecular complexity index is 286. The molecule has 75 valence electrons. The summed E-state index contributed by atoms with van der Waals surface area (Å²) in [5.41, 5.74) is 0.618. The molecule has 0 aromatic rings. The van der Waals surface area contributed by atoms with Crippen molar-refractivity contribution in [2.24, 2.45) is 0 Å². The van der Waals surface area contributed by atoms with Crippen LogP contribution in [0.1, 0.15) is 27.7 Å². The molecular formula is C11H16BO2.